The molecule has 4 N–H and O–H groups in total. The van der Waals surface area contributed by atoms with Crippen LogP contribution in [0.3, 0.4) is 0 Å². The molecule has 1 aromatic rings. The van der Waals surface area contributed by atoms with Crippen molar-refractivity contribution in [2.75, 3.05) is 30.4 Å². The fourth-order valence-electron chi connectivity index (χ4n) is 1.76. The van der Waals surface area contributed by atoms with Gasteiger partial charge in [-0.1, -0.05) is 0 Å². The normalized spacial score (nSPS) is 15.4. The summed E-state index contributed by atoms with van der Waals surface area (Å²) in [5.74, 6) is 2.70. The summed E-state index contributed by atoms with van der Waals surface area (Å²) in [6, 6.07) is 1.80. The average molecular weight is 266 g/mol. The molecule has 0 unspecified atom stereocenters. The maximum atomic E-state index is 9.33. The largest absolute Gasteiger partial charge is 0.394 e. The van der Waals surface area contributed by atoms with Gasteiger partial charge >= 0.3 is 0 Å². The van der Waals surface area contributed by atoms with Gasteiger partial charge in [0.15, 0.2) is 0 Å². The molecule has 0 saturated heterocycles. The van der Waals surface area contributed by atoms with Crippen LogP contribution in [0.5, 0.6) is 0 Å². The number of nitrogens with zero attached hydrogens (tertiary/aromatic N) is 2. The third-order valence-electron chi connectivity index (χ3n) is 3.17. The fourth-order valence-corrected chi connectivity index (χ4v) is 1.76. The van der Waals surface area contributed by atoms with E-state index >= 15 is 0 Å². The van der Waals surface area contributed by atoms with E-state index in [4.69, 9.17) is 0 Å². The van der Waals surface area contributed by atoms with Gasteiger partial charge < -0.3 is 20.8 Å². The van der Waals surface area contributed by atoms with Gasteiger partial charge in [-0.25, -0.2) is 9.97 Å². The molecule has 0 aliphatic heterocycles. The van der Waals surface area contributed by atoms with Crippen LogP contribution in [-0.4, -0.2) is 45.5 Å². The van der Waals surface area contributed by atoms with Gasteiger partial charge in [0.2, 0.25) is 0 Å². The van der Waals surface area contributed by atoms with Gasteiger partial charge in [-0.3, -0.25) is 0 Å². The van der Waals surface area contributed by atoms with Gasteiger partial charge in [-0.15, -0.1) is 0 Å². The maximum absolute atomic E-state index is 9.33. The first-order chi connectivity index (χ1) is 9.10. The zero-order valence-corrected chi connectivity index (χ0v) is 11.5. The SMILES string of the molecule is CCNc1cc(NC(C)(CO)CO)nc(C2CC2)n1. The molecule has 106 valence electrons. The Morgan fingerprint density at radius 1 is 1.26 bits per heavy atom. The van der Waals surface area contributed by atoms with Crippen molar-refractivity contribution in [3.63, 3.8) is 0 Å². The lowest BCUT2D eigenvalue weighted by atomic mass is 10.1. The topological polar surface area (TPSA) is 90.3 Å². The predicted octanol–water partition coefficient (Wildman–Crippen LogP) is 0.941. The van der Waals surface area contributed by atoms with E-state index in [0.29, 0.717) is 11.7 Å². The molecule has 1 aliphatic rings. The van der Waals surface area contributed by atoms with Gasteiger partial charge in [0, 0.05) is 18.5 Å². The Bertz CT molecular complexity index is 431. The van der Waals surface area contributed by atoms with Crippen molar-refractivity contribution in [2.45, 2.75) is 38.1 Å². The van der Waals surface area contributed by atoms with E-state index in [1.54, 1.807) is 13.0 Å². The molecule has 0 amide bonds. The fraction of sp³-hybridized carbons (Fsp3) is 0.692. The van der Waals surface area contributed by atoms with Crippen LogP contribution in [0, 0.1) is 0 Å². The number of rotatable bonds is 7. The van der Waals surface area contributed by atoms with E-state index in [1.165, 1.54) is 0 Å². The van der Waals surface area contributed by atoms with Gasteiger partial charge in [-0.05, 0) is 26.7 Å². The molecule has 1 aromatic heterocycles. The lowest BCUT2D eigenvalue weighted by Gasteiger charge is -2.27. The summed E-state index contributed by atoms with van der Waals surface area (Å²) in [6.07, 6.45) is 2.26. The highest BCUT2D eigenvalue weighted by molar-refractivity contribution is 5.49. The Morgan fingerprint density at radius 2 is 1.89 bits per heavy atom. The van der Waals surface area contributed by atoms with E-state index < -0.39 is 5.54 Å². The summed E-state index contributed by atoms with van der Waals surface area (Å²) in [7, 11) is 0. The minimum Gasteiger partial charge on any atom is -0.394 e. The molecule has 0 radical (unpaired) electrons. The van der Waals surface area contributed by atoms with Crippen molar-refractivity contribution in [3.8, 4) is 0 Å². The molecule has 6 nitrogen and oxygen atoms in total. The molecular formula is C13H22N4O2. The monoisotopic (exact) mass is 266 g/mol. The molecule has 2 rings (SSSR count). The number of aliphatic hydroxyl groups is 2. The quantitative estimate of drug-likeness (QED) is 0.587. The molecule has 0 spiro atoms. The Kier molecular flexibility index (Phi) is 4.21. The molecule has 1 saturated carbocycles. The molecular weight excluding hydrogens is 244 g/mol. The standard InChI is InChI=1S/C13H22N4O2/c1-3-14-10-6-11(17-13(2,7-18)8-19)16-12(15-10)9-4-5-9/h6,9,18-19H,3-5,7-8H2,1-2H3,(H2,14,15,16,17). The lowest BCUT2D eigenvalue weighted by Crippen LogP contribution is -2.42. The summed E-state index contributed by atoms with van der Waals surface area (Å²) in [4.78, 5) is 8.95. The van der Waals surface area contributed by atoms with E-state index in [0.717, 1.165) is 31.0 Å². The minimum atomic E-state index is -0.779. The average Bonchev–Trinajstić information content (AvgIpc) is 3.23. The highest BCUT2D eigenvalue weighted by Crippen LogP contribution is 2.39. The van der Waals surface area contributed by atoms with Crippen LogP contribution < -0.4 is 10.6 Å². The van der Waals surface area contributed by atoms with E-state index in [9.17, 15) is 10.2 Å². The molecule has 19 heavy (non-hydrogen) atoms. The summed E-state index contributed by atoms with van der Waals surface area (Å²) in [5.41, 5.74) is -0.779. The number of aliphatic hydroxyl groups excluding tert-OH is 2. The summed E-state index contributed by atoms with van der Waals surface area (Å²) < 4.78 is 0. The van der Waals surface area contributed by atoms with Crippen LogP contribution >= 0.6 is 0 Å². The van der Waals surface area contributed by atoms with Crippen molar-refractivity contribution in [2.24, 2.45) is 0 Å². The Labute approximate surface area is 113 Å². The smallest absolute Gasteiger partial charge is 0.136 e. The van der Waals surface area contributed by atoms with Crippen molar-refractivity contribution in [1.29, 1.82) is 0 Å². The first kappa shape index (κ1) is 14.0. The first-order valence-corrected chi connectivity index (χ1v) is 6.73. The van der Waals surface area contributed by atoms with Gasteiger partial charge in [0.25, 0.3) is 0 Å². The molecule has 1 aliphatic carbocycles. The lowest BCUT2D eigenvalue weighted by molar-refractivity contribution is 0.147. The van der Waals surface area contributed by atoms with E-state index in [1.807, 2.05) is 6.92 Å². The third kappa shape index (κ3) is 3.54. The summed E-state index contributed by atoms with van der Waals surface area (Å²) in [5, 5.41) is 24.9. The number of nitrogens with one attached hydrogen (secondary N) is 2. The zero-order valence-electron chi connectivity index (χ0n) is 11.5. The highest BCUT2D eigenvalue weighted by Gasteiger charge is 2.28. The third-order valence-corrected chi connectivity index (χ3v) is 3.17. The highest BCUT2D eigenvalue weighted by atomic mass is 16.3. The maximum Gasteiger partial charge on any atom is 0.136 e. The van der Waals surface area contributed by atoms with Crippen LogP contribution in [0.2, 0.25) is 0 Å². The first-order valence-electron chi connectivity index (χ1n) is 6.73. The molecule has 0 aromatic carbocycles. The number of hydrogen-bond acceptors (Lipinski definition) is 6. The second-order valence-corrected chi connectivity index (χ2v) is 5.30. The zero-order chi connectivity index (χ0) is 13.9. The van der Waals surface area contributed by atoms with E-state index in [-0.39, 0.29) is 13.2 Å². The summed E-state index contributed by atoms with van der Waals surface area (Å²) in [6.45, 7) is 4.22. The van der Waals surface area contributed by atoms with Crippen molar-refractivity contribution in [1.82, 2.24) is 9.97 Å². The van der Waals surface area contributed by atoms with Crippen LogP contribution in [0.4, 0.5) is 11.6 Å². The Morgan fingerprint density at radius 3 is 2.42 bits per heavy atom. The Balaban J connectivity index is 2.22. The molecule has 1 fully saturated rings. The van der Waals surface area contributed by atoms with Crippen LogP contribution in [0.25, 0.3) is 0 Å². The van der Waals surface area contributed by atoms with Crippen LogP contribution in [0.1, 0.15) is 38.4 Å². The minimum absolute atomic E-state index is 0.164. The second-order valence-electron chi connectivity index (χ2n) is 5.30. The van der Waals surface area contributed by atoms with E-state index in [2.05, 4.69) is 20.6 Å². The van der Waals surface area contributed by atoms with Crippen molar-refractivity contribution < 1.29 is 10.2 Å². The summed E-state index contributed by atoms with van der Waals surface area (Å²) >= 11 is 0. The predicted molar refractivity (Wildman–Crippen MR) is 74.4 cm³/mol. The number of hydrogen-bond donors (Lipinski definition) is 4. The van der Waals surface area contributed by atoms with Crippen molar-refractivity contribution >= 4 is 11.6 Å². The van der Waals surface area contributed by atoms with Crippen molar-refractivity contribution in [3.05, 3.63) is 11.9 Å². The second kappa shape index (κ2) is 5.71. The molecule has 0 bridgehead atoms. The van der Waals surface area contributed by atoms with Crippen LogP contribution in [-0.2, 0) is 0 Å². The van der Waals surface area contributed by atoms with Gasteiger partial charge in [-0.2, -0.15) is 0 Å². The Hall–Kier alpha value is -1.40. The molecule has 0 atom stereocenters. The van der Waals surface area contributed by atoms with Gasteiger partial charge in [0.1, 0.15) is 17.5 Å². The van der Waals surface area contributed by atoms with Gasteiger partial charge in [0.05, 0.1) is 18.8 Å². The molecule has 1 heterocycles. The molecule has 6 heteroatoms. The van der Waals surface area contributed by atoms with Crippen LogP contribution in [0.15, 0.2) is 6.07 Å². The number of aromatic nitrogens is 2. The number of anilines is 2.